The molecule has 0 bridgehead atoms. The molecule has 0 rings (SSSR count). The number of aliphatic carboxylic acids is 2. The molecule has 0 aromatic heterocycles. The van der Waals surface area contributed by atoms with Gasteiger partial charge in [0, 0.05) is 0 Å². The molecule has 0 aromatic rings. The number of ether oxygens (including phenoxy) is 1. The number of carboxylic acids is 2. The number of carboxylic acid groups (broad SMARTS) is 2. The molecule has 2 atom stereocenters. The highest BCUT2D eigenvalue weighted by atomic mass is 16.6. The van der Waals surface area contributed by atoms with E-state index in [1.54, 1.807) is 13.8 Å². The predicted octanol–water partition coefficient (Wildman–Crippen LogP) is -0.140. The Hall–Kier alpha value is -1.71. The van der Waals surface area contributed by atoms with Gasteiger partial charge in [-0.15, -0.1) is 0 Å². The minimum absolute atomic E-state index is 0.146. The number of hydrogen-bond donors (Lipinski definition) is 5. The van der Waals surface area contributed by atoms with Gasteiger partial charge < -0.3 is 30.3 Å². The average Bonchev–Trinajstić information content (AvgIpc) is 2.37. The molecule has 0 saturated heterocycles. The maximum Gasteiger partial charge on any atom is 0.336 e. The zero-order valence-corrected chi connectivity index (χ0v) is 13.2. The molecule has 0 aliphatic rings. The van der Waals surface area contributed by atoms with E-state index < -0.39 is 48.2 Å². The van der Waals surface area contributed by atoms with Crippen LogP contribution in [0.5, 0.6) is 0 Å². The molecule has 0 spiro atoms. The Balaban J connectivity index is 4.97. The van der Waals surface area contributed by atoms with E-state index in [-0.39, 0.29) is 12.8 Å². The van der Waals surface area contributed by atoms with Crippen molar-refractivity contribution < 1.29 is 44.7 Å². The summed E-state index contributed by atoms with van der Waals surface area (Å²) in [5, 5.41) is 47.3. The summed E-state index contributed by atoms with van der Waals surface area (Å²) in [5.41, 5.74) is -4.54. The number of aliphatic hydroxyl groups is 3. The van der Waals surface area contributed by atoms with Gasteiger partial charge in [-0.1, -0.05) is 26.7 Å². The second kappa shape index (κ2) is 8.80. The highest BCUT2D eigenvalue weighted by Crippen LogP contribution is 2.26. The molecular formula is C14H24O9. The van der Waals surface area contributed by atoms with E-state index >= 15 is 0 Å². The van der Waals surface area contributed by atoms with Crippen LogP contribution in [0.25, 0.3) is 0 Å². The fraction of sp³-hybridized carbons (Fsp3) is 0.786. The minimum Gasteiger partial charge on any atom is -0.481 e. The first-order chi connectivity index (χ1) is 10.5. The summed E-state index contributed by atoms with van der Waals surface area (Å²) >= 11 is 0. The summed E-state index contributed by atoms with van der Waals surface area (Å²) in [6.07, 6.45) is -2.98. The summed E-state index contributed by atoms with van der Waals surface area (Å²) in [4.78, 5) is 33.2. The Labute approximate surface area is 133 Å². The molecule has 0 fully saturated rings. The van der Waals surface area contributed by atoms with Gasteiger partial charge in [-0.3, -0.25) is 9.59 Å². The van der Waals surface area contributed by atoms with Crippen molar-refractivity contribution >= 4 is 17.9 Å². The van der Waals surface area contributed by atoms with Crippen molar-refractivity contribution in [1.29, 1.82) is 0 Å². The quantitative estimate of drug-likeness (QED) is 0.255. The highest BCUT2D eigenvalue weighted by molar-refractivity contribution is 5.88. The van der Waals surface area contributed by atoms with E-state index in [1.165, 1.54) is 0 Å². The molecule has 0 amide bonds. The SMILES string of the molecule is CCCC(O)(CCC)C(O)OC(=O)CC(O)(CC(=O)O)C(=O)O. The molecule has 2 unspecified atom stereocenters. The van der Waals surface area contributed by atoms with Crippen LogP contribution in [-0.4, -0.2) is 60.9 Å². The molecule has 23 heavy (non-hydrogen) atoms. The lowest BCUT2D eigenvalue weighted by atomic mass is 9.91. The van der Waals surface area contributed by atoms with Crippen molar-refractivity contribution in [3.8, 4) is 0 Å². The molecule has 134 valence electrons. The summed E-state index contributed by atoms with van der Waals surface area (Å²) in [5.74, 6) is -4.84. The highest BCUT2D eigenvalue weighted by Gasteiger charge is 2.43. The largest absolute Gasteiger partial charge is 0.481 e. The van der Waals surface area contributed by atoms with Crippen LogP contribution in [0, 0.1) is 0 Å². The van der Waals surface area contributed by atoms with E-state index in [9.17, 15) is 29.7 Å². The van der Waals surface area contributed by atoms with E-state index in [0.29, 0.717) is 12.8 Å². The first-order valence-corrected chi connectivity index (χ1v) is 7.28. The molecule has 9 nitrogen and oxygen atoms in total. The van der Waals surface area contributed by atoms with Crippen LogP contribution in [0.15, 0.2) is 0 Å². The van der Waals surface area contributed by atoms with Gasteiger partial charge in [0.2, 0.25) is 6.29 Å². The Morgan fingerprint density at radius 3 is 1.83 bits per heavy atom. The lowest BCUT2D eigenvalue weighted by Gasteiger charge is -2.32. The van der Waals surface area contributed by atoms with Crippen LogP contribution in [0.4, 0.5) is 0 Å². The lowest BCUT2D eigenvalue weighted by molar-refractivity contribution is -0.222. The van der Waals surface area contributed by atoms with Gasteiger partial charge in [0.05, 0.1) is 12.8 Å². The maximum absolute atomic E-state index is 11.7. The van der Waals surface area contributed by atoms with Gasteiger partial charge in [0.15, 0.2) is 5.60 Å². The first kappa shape index (κ1) is 21.3. The van der Waals surface area contributed by atoms with E-state index in [4.69, 9.17) is 10.2 Å². The van der Waals surface area contributed by atoms with Gasteiger partial charge >= 0.3 is 17.9 Å². The summed E-state index contributed by atoms with van der Waals surface area (Å²) in [7, 11) is 0. The number of aliphatic hydroxyl groups excluding tert-OH is 1. The smallest absolute Gasteiger partial charge is 0.336 e. The minimum atomic E-state index is -2.85. The van der Waals surface area contributed by atoms with E-state index in [1.807, 2.05) is 0 Å². The monoisotopic (exact) mass is 336 g/mol. The molecule has 0 radical (unpaired) electrons. The molecular weight excluding hydrogens is 312 g/mol. The van der Waals surface area contributed by atoms with Gasteiger partial charge in [0.1, 0.15) is 5.60 Å². The molecule has 5 N–H and O–H groups in total. The molecule has 0 saturated carbocycles. The van der Waals surface area contributed by atoms with Gasteiger partial charge in [-0.05, 0) is 12.8 Å². The van der Waals surface area contributed by atoms with Crippen LogP contribution in [-0.2, 0) is 19.1 Å². The lowest BCUT2D eigenvalue weighted by Crippen LogP contribution is -2.47. The molecule has 0 aromatic carbocycles. The molecule has 0 aliphatic carbocycles. The molecule has 0 heterocycles. The van der Waals surface area contributed by atoms with Crippen LogP contribution in [0.2, 0.25) is 0 Å². The fourth-order valence-electron chi connectivity index (χ4n) is 2.22. The second-order valence-corrected chi connectivity index (χ2v) is 5.53. The zero-order valence-electron chi connectivity index (χ0n) is 13.2. The standard InChI is InChI=1S/C14H24O9/c1-3-5-13(21,6-4-2)12(20)23-10(17)8-14(22,11(18)19)7-9(15)16/h12,20-22H,3-8H2,1-2H3,(H,15,16)(H,18,19). The number of rotatable bonds is 11. The van der Waals surface area contributed by atoms with Crippen LogP contribution < -0.4 is 0 Å². The third-order valence-electron chi connectivity index (χ3n) is 3.35. The average molecular weight is 336 g/mol. The van der Waals surface area contributed by atoms with Crippen LogP contribution >= 0.6 is 0 Å². The normalized spacial score (nSPS) is 15.5. The molecule has 0 aliphatic heterocycles. The number of carbonyl (C=O) groups excluding carboxylic acids is 1. The summed E-state index contributed by atoms with van der Waals surface area (Å²) in [6.45, 7) is 3.51. The Morgan fingerprint density at radius 1 is 1.00 bits per heavy atom. The number of hydrogen-bond acceptors (Lipinski definition) is 7. The zero-order chi connectivity index (χ0) is 18.3. The Bertz CT molecular complexity index is 428. The van der Waals surface area contributed by atoms with Crippen molar-refractivity contribution in [2.75, 3.05) is 0 Å². The van der Waals surface area contributed by atoms with Gasteiger partial charge in [0.25, 0.3) is 0 Å². The second-order valence-electron chi connectivity index (χ2n) is 5.53. The van der Waals surface area contributed by atoms with E-state index in [0.717, 1.165) is 0 Å². The first-order valence-electron chi connectivity index (χ1n) is 7.28. The maximum atomic E-state index is 11.7. The van der Waals surface area contributed by atoms with E-state index in [2.05, 4.69) is 4.74 Å². The third kappa shape index (κ3) is 6.51. The van der Waals surface area contributed by atoms with Gasteiger partial charge in [-0.25, -0.2) is 4.79 Å². The Morgan fingerprint density at radius 2 is 1.48 bits per heavy atom. The summed E-state index contributed by atoms with van der Waals surface area (Å²) < 4.78 is 4.60. The topological polar surface area (TPSA) is 162 Å². The van der Waals surface area contributed by atoms with Crippen molar-refractivity contribution in [3.63, 3.8) is 0 Å². The van der Waals surface area contributed by atoms with Crippen molar-refractivity contribution in [2.24, 2.45) is 0 Å². The van der Waals surface area contributed by atoms with Crippen molar-refractivity contribution in [1.82, 2.24) is 0 Å². The predicted molar refractivity (Wildman–Crippen MR) is 76.3 cm³/mol. The van der Waals surface area contributed by atoms with Crippen molar-refractivity contribution in [3.05, 3.63) is 0 Å². The third-order valence-corrected chi connectivity index (χ3v) is 3.35. The molecule has 9 heteroatoms. The fourth-order valence-corrected chi connectivity index (χ4v) is 2.22. The van der Waals surface area contributed by atoms with Gasteiger partial charge in [-0.2, -0.15) is 0 Å². The Kier molecular flexibility index (Phi) is 8.15. The van der Waals surface area contributed by atoms with Crippen LogP contribution in [0.3, 0.4) is 0 Å². The van der Waals surface area contributed by atoms with Crippen LogP contribution in [0.1, 0.15) is 52.4 Å². The summed E-state index contributed by atoms with van der Waals surface area (Å²) in [6, 6.07) is 0. The number of carbonyl (C=O) groups is 3. The number of esters is 1. The van der Waals surface area contributed by atoms with Crippen molar-refractivity contribution in [2.45, 2.75) is 69.9 Å².